The number of hydrogen-bond donors (Lipinski definition) is 0. The topological polar surface area (TPSA) is 44.8 Å². The quantitative estimate of drug-likeness (QED) is 0.786. The molecule has 1 heterocycles. The lowest BCUT2D eigenvalue weighted by molar-refractivity contribution is -0.148. The Labute approximate surface area is 136 Å². The molecule has 2 aromatic rings. The van der Waals surface area contributed by atoms with Gasteiger partial charge in [-0.1, -0.05) is 50.2 Å². The molecule has 0 saturated heterocycles. The molecule has 0 aliphatic carbocycles. The van der Waals surface area contributed by atoms with Gasteiger partial charge in [0.15, 0.2) is 11.5 Å². The van der Waals surface area contributed by atoms with Crippen LogP contribution in [0.5, 0.6) is 11.5 Å². The summed E-state index contributed by atoms with van der Waals surface area (Å²) >= 11 is 0. The number of carbonyl (C=O) groups is 1. The summed E-state index contributed by atoms with van der Waals surface area (Å²) < 4.78 is 16.1. The number of ether oxygens (including phenoxy) is 3. The summed E-state index contributed by atoms with van der Waals surface area (Å²) in [5.41, 5.74) is 1.87. The Morgan fingerprint density at radius 1 is 1.09 bits per heavy atom. The fourth-order valence-electron chi connectivity index (χ4n) is 2.73. The SMILES string of the molecule is CC(C)C(C(=O)OCc1ccc2c(c1)OCO2)c1ccccc1. The minimum absolute atomic E-state index is 0.168. The van der Waals surface area contributed by atoms with Gasteiger partial charge in [-0.25, -0.2) is 0 Å². The molecule has 0 aromatic heterocycles. The van der Waals surface area contributed by atoms with Gasteiger partial charge < -0.3 is 14.2 Å². The zero-order valence-electron chi connectivity index (χ0n) is 13.3. The van der Waals surface area contributed by atoms with Gasteiger partial charge in [0.1, 0.15) is 6.61 Å². The summed E-state index contributed by atoms with van der Waals surface area (Å²) in [6.07, 6.45) is 0. The number of esters is 1. The lowest BCUT2D eigenvalue weighted by Gasteiger charge is -2.20. The Morgan fingerprint density at radius 2 is 1.83 bits per heavy atom. The van der Waals surface area contributed by atoms with E-state index in [1.807, 2.05) is 62.4 Å². The van der Waals surface area contributed by atoms with Crippen LogP contribution in [0.4, 0.5) is 0 Å². The van der Waals surface area contributed by atoms with Gasteiger partial charge in [0.2, 0.25) is 6.79 Å². The first-order valence-electron chi connectivity index (χ1n) is 7.75. The predicted octanol–water partition coefficient (Wildman–Crippen LogP) is 3.90. The standard InChI is InChI=1S/C19H20O4/c1-13(2)18(15-6-4-3-5-7-15)19(20)21-11-14-8-9-16-17(10-14)23-12-22-16/h3-10,13,18H,11-12H2,1-2H3. The van der Waals surface area contributed by atoms with Crippen LogP contribution in [0, 0.1) is 5.92 Å². The number of hydrogen-bond acceptors (Lipinski definition) is 4. The molecular formula is C19H20O4. The lowest BCUT2D eigenvalue weighted by atomic mass is 9.88. The van der Waals surface area contributed by atoms with E-state index in [2.05, 4.69) is 0 Å². The molecule has 4 heteroatoms. The highest BCUT2D eigenvalue weighted by Gasteiger charge is 2.25. The van der Waals surface area contributed by atoms with Crippen LogP contribution in [0.1, 0.15) is 30.9 Å². The van der Waals surface area contributed by atoms with Gasteiger partial charge in [0.25, 0.3) is 0 Å². The van der Waals surface area contributed by atoms with Crippen molar-refractivity contribution in [2.45, 2.75) is 26.4 Å². The third-order valence-electron chi connectivity index (χ3n) is 3.90. The molecule has 4 nitrogen and oxygen atoms in total. The van der Waals surface area contributed by atoms with Gasteiger partial charge >= 0.3 is 5.97 Å². The van der Waals surface area contributed by atoms with Crippen molar-refractivity contribution in [2.75, 3.05) is 6.79 Å². The highest BCUT2D eigenvalue weighted by molar-refractivity contribution is 5.78. The van der Waals surface area contributed by atoms with E-state index < -0.39 is 0 Å². The van der Waals surface area contributed by atoms with Gasteiger partial charge in [0.05, 0.1) is 5.92 Å². The van der Waals surface area contributed by atoms with Crippen LogP contribution >= 0.6 is 0 Å². The second kappa shape index (κ2) is 6.73. The second-order valence-corrected chi connectivity index (χ2v) is 5.93. The van der Waals surface area contributed by atoms with Crippen LogP contribution in [0.3, 0.4) is 0 Å². The molecule has 0 saturated carbocycles. The summed E-state index contributed by atoms with van der Waals surface area (Å²) in [4.78, 5) is 12.5. The highest BCUT2D eigenvalue weighted by Crippen LogP contribution is 2.33. The molecule has 0 radical (unpaired) electrons. The van der Waals surface area contributed by atoms with E-state index in [1.165, 1.54) is 0 Å². The van der Waals surface area contributed by atoms with Gasteiger partial charge in [-0.3, -0.25) is 4.79 Å². The van der Waals surface area contributed by atoms with Crippen LogP contribution in [0.15, 0.2) is 48.5 Å². The number of rotatable bonds is 5. The maximum atomic E-state index is 12.5. The molecule has 1 atom stereocenters. The van der Waals surface area contributed by atoms with E-state index in [1.54, 1.807) is 0 Å². The summed E-state index contributed by atoms with van der Waals surface area (Å²) in [5.74, 6) is 1.13. The van der Waals surface area contributed by atoms with Gasteiger partial charge in [-0.05, 0) is 29.2 Å². The number of carbonyl (C=O) groups excluding carboxylic acids is 1. The zero-order valence-corrected chi connectivity index (χ0v) is 13.3. The van der Waals surface area contributed by atoms with Crippen LogP contribution in [-0.2, 0) is 16.1 Å². The molecule has 0 fully saturated rings. The van der Waals surface area contributed by atoms with Crippen molar-refractivity contribution in [3.8, 4) is 11.5 Å². The molecule has 3 rings (SSSR count). The molecular weight excluding hydrogens is 292 g/mol. The second-order valence-electron chi connectivity index (χ2n) is 5.93. The first kappa shape index (κ1) is 15.4. The molecule has 0 bridgehead atoms. The fourth-order valence-corrected chi connectivity index (χ4v) is 2.73. The van der Waals surface area contributed by atoms with Crippen molar-refractivity contribution < 1.29 is 19.0 Å². The molecule has 1 unspecified atom stereocenters. The van der Waals surface area contributed by atoms with E-state index in [4.69, 9.17) is 14.2 Å². The normalized spacial score (nSPS) is 13.9. The highest BCUT2D eigenvalue weighted by atomic mass is 16.7. The zero-order chi connectivity index (χ0) is 16.2. The molecule has 0 spiro atoms. The molecule has 2 aromatic carbocycles. The maximum absolute atomic E-state index is 12.5. The Morgan fingerprint density at radius 3 is 2.57 bits per heavy atom. The van der Waals surface area contributed by atoms with E-state index in [-0.39, 0.29) is 31.2 Å². The summed E-state index contributed by atoms with van der Waals surface area (Å²) in [7, 11) is 0. The van der Waals surface area contributed by atoms with Crippen molar-refractivity contribution in [3.63, 3.8) is 0 Å². The predicted molar refractivity (Wildman–Crippen MR) is 86.4 cm³/mol. The summed E-state index contributed by atoms with van der Waals surface area (Å²) in [6, 6.07) is 15.3. The Hall–Kier alpha value is -2.49. The van der Waals surface area contributed by atoms with Crippen molar-refractivity contribution in [1.29, 1.82) is 0 Å². The average molecular weight is 312 g/mol. The van der Waals surface area contributed by atoms with Crippen LogP contribution in [0.25, 0.3) is 0 Å². The first-order valence-corrected chi connectivity index (χ1v) is 7.75. The van der Waals surface area contributed by atoms with E-state index in [9.17, 15) is 4.79 Å². The first-order chi connectivity index (χ1) is 11.1. The largest absolute Gasteiger partial charge is 0.460 e. The molecule has 0 N–H and O–H groups in total. The number of fused-ring (bicyclic) bond motifs is 1. The summed E-state index contributed by atoms with van der Waals surface area (Å²) in [6.45, 7) is 4.52. The Bertz CT molecular complexity index is 679. The van der Waals surface area contributed by atoms with Gasteiger partial charge in [-0.2, -0.15) is 0 Å². The van der Waals surface area contributed by atoms with Crippen molar-refractivity contribution >= 4 is 5.97 Å². The van der Waals surface area contributed by atoms with Crippen LogP contribution < -0.4 is 9.47 Å². The van der Waals surface area contributed by atoms with Gasteiger partial charge in [0, 0.05) is 0 Å². The van der Waals surface area contributed by atoms with Crippen LogP contribution in [0.2, 0.25) is 0 Å². The van der Waals surface area contributed by atoms with Crippen molar-refractivity contribution in [2.24, 2.45) is 5.92 Å². The Balaban J connectivity index is 1.68. The van der Waals surface area contributed by atoms with Gasteiger partial charge in [-0.15, -0.1) is 0 Å². The molecule has 0 amide bonds. The minimum atomic E-state index is -0.259. The third-order valence-corrected chi connectivity index (χ3v) is 3.90. The molecule has 120 valence electrons. The monoisotopic (exact) mass is 312 g/mol. The smallest absolute Gasteiger partial charge is 0.314 e. The fraction of sp³-hybridized carbons (Fsp3) is 0.316. The van der Waals surface area contributed by atoms with E-state index in [0.717, 1.165) is 16.9 Å². The molecule has 1 aliphatic heterocycles. The maximum Gasteiger partial charge on any atom is 0.314 e. The minimum Gasteiger partial charge on any atom is -0.460 e. The van der Waals surface area contributed by atoms with E-state index >= 15 is 0 Å². The summed E-state index contributed by atoms with van der Waals surface area (Å²) in [5, 5.41) is 0. The lowest BCUT2D eigenvalue weighted by Crippen LogP contribution is -2.20. The van der Waals surface area contributed by atoms with E-state index in [0.29, 0.717) is 5.75 Å². The molecule has 23 heavy (non-hydrogen) atoms. The third kappa shape index (κ3) is 3.47. The average Bonchev–Trinajstić information content (AvgIpc) is 3.01. The number of benzene rings is 2. The van der Waals surface area contributed by atoms with Crippen molar-refractivity contribution in [1.82, 2.24) is 0 Å². The van der Waals surface area contributed by atoms with Crippen molar-refractivity contribution in [3.05, 3.63) is 59.7 Å². The molecule has 1 aliphatic rings. The Kier molecular flexibility index (Phi) is 4.51. The van der Waals surface area contributed by atoms with Crippen LogP contribution in [-0.4, -0.2) is 12.8 Å².